The molecule has 0 spiro atoms. The minimum atomic E-state index is -4.34. The number of rotatable bonds is 4. The van der Waals surface area contributed by atoms with Crippen molar-refractivity contribution in [3.05, 3.63) is 29.3 Å². The second-order valence-corrected chi connectivity index (χ2v) is 5.01. The molecule has 0 saturated heterocycles. The molecule has 6 nitrogen and oxygen atoms in total. The smallest absolute Gasteiger partial charge is 0.323 e. The standard InChI is InChI=1S/C13H16F3N5O/c1-8-12(9(2)20(3)18-8)17-11(22)6-10-4-5-21(19-10)7-13(14,15)16/h4-5H,6-7H2,1-3H3,(H,17,22). The van der Waals surface area contributed by atoms with E-state index >= 15 is 0 Å². The van der Waals surface area contributed by atoms with Crippen LogP contribution < -0.4 is 5.32 Å². The number of alkyl halides is 3. The Morgan fingerprint density at radius 1 is 1.32 bits per heavy atom. The Kier molecular flexibility index (Phi) is 4.25. The third-order valence-corrected chi connectivity index (χ3v) is 3.15. The van der Waals surface area contributed by atoms with Crippen LogP contribution in [-0.4, -0.2) is 31.6 Å². The summed E-state index contributed by atoms with van der Waals surface area (Å²) in [6.07, 6.45) is -3.23. The molecule has 2 heterocycles. The van der Waals surface area contributed by atoms with Crippen molar-refractivity contribution < 1.29 is 18.0 Å². The van der Waals surface area contributed by atoms with E-state index in [-0.39, 0.29) is 18.0 Å². The van der Waals surface area contributed by atoms with E-state index in [1.54, 1.807) is 18.7 Å². The van der Waals surface area contributed by atoms with Gasteiger partial charge in [0.05, 0.1) is 29.2 Å². The SMILES string of the molecule is Cc1nn(C)c(C)c1NC(=O)Cc1ccn(CC(F)(F)F)n1. The van der Waals surface area contributed by atoms with Crippen LogP contribution in [0.15, 0.2) is 12.3 Å². The largest absolute Gasteiger partial charge is 0.408 e. The normalized spacial score (nSPS) is 11.7. The highest BCUT2D eigenvalue weighted by atomic mass is 19.4. The van der Waals surface area contributed by atoms with E-state index in [9.17, 15) is 18.0 Å². The first kappa shape index (κ1) is 16.1. The van der Waals surface area contributed by atoms with E-state index in [0.29, 0.717) is 11.4 Å². The van der Waals surface area contributed by atoms with Gasteiger partial charge in [-0.1, -0.05) is 0 Å². The Morgan fingerprint density at radius 2 is 2.00 bits per heavy atom. The first-order valence-corrected chi connectivity index (χ1v) is 6.55. The number of aryl methyl sites for hydroxylation is 2. The first-order valence-electron chi connectivity index (χ1n) is 6.55. The third kappa shape index (κ3) is 3.86. The summed E-state index contributed by atoms with van der Waals surface area (Å²) in [4.78, 5) is 12.0. The summed E-state index contributed by atoms with van der Waals surface area (Å²) in [6, 6.07) is 1.40. The minimum Gasteiger partial charge on any atom is -0.323 e. The molecule has 0 radical (unpaired) electrons. The molecule has 1 amide bonds. The van der Waals surface area contributed by atoms with E-state index in [1.807, 2.05) is 6.92 Å². The number of anilines is 1. The summed E-state index contributed by atoms with van der Waals surface area (Å²) in [5.74, 6) is -0.351. The van der Waals surface area contributed by atoms with Gasteiger partial charge in [0.25, 0.3) is 0 Å². The number of nitrogens with one attached hydrogen (secondary N) is 1. The summed E-state index contributed by atoms with van der Waals surface area (Å²) >= 11 is 0. The molecule has 0 aliphatic heterocycles. The maximum Gasteiger partial charge on any atom is 0.408 e. The number of amides is 1. The summed E-state index contributed by atoms with van der Waals surface area (Å²) in [7, 11) is 1.76. The molecule has 0 fully saturated rings. The van der Waals surface area contributed by atoms with Crippen LogP contribution in [0.4, 0.5) is 18.9 Å². The zero-order chi connectivity index (χ0) is 16.5. The van der Waals surface area contributed by atoms with E-state index in [0.717, 1.165) is 10.4 Å². The molecule has 0 unspecified atom stereocenters. The number of carbonyl (C=O) groups excluding carboxylic acids is 1. The van der Waals surface area contributed by atoms with Crippen LogP contribution in [0.5, 0.6) is 0 Å². The number of carbonyl (C=O) groups is 1. The molecule has 2 aromatic rings. The summed E-state index contributed by atoms with van der Waals surface area (Å²) in [6.45, 7) is 2.41. The van der Waals surface area contributed by atoms with E-state index in [2.05, 4.69) is 15.5 Å². The Balaban J connectivity index is 2.01. The molecule has 120 valence electrons. The predicted molar refractivity (Wildman–Crippen MR) is 73.3 cm³/mol. The highest BCUT2D eigenvalue weighted by molar-refractivity contribution is 5.93. The quantitative estimate of drug-likeness (QED) is 0.938. The number of hydrogen-bond acceptors (Lipinski definition) is 3. The van der Waals surface area contributed by atoms with Crippen LogP contribution in [0, 0.1) is 13.8 Å². The van der Waals surface area contributed by atoms with Crippen molar-refractivity contribution in [2.75, 3.05) is 5.32 Å². The van der Waals surface area contributed by atoms with Crippen molar-refractivity contribution in [3.8, 4) is 0 Å². The monoisotopic (exact) mass is 315 g/mol. The van der Waals surface area contributed by atoms with Crippen molar-refractivity contribution in [1.29, 1.82) is 0 Å². The summed E-state index contributed by atoms with van der Waals surface area (Å²) < 4.78 is 39.1. The zero-order valence-corrected chi connectivity index (χ0v) is 12.4. The van der Waals surface area contributed by atoms with E-state index in [4.69, 9.17) is 0 Å². The van der Waals surface area contributed by atoms with E-state index < -0.39 is 12.7 Å². The van der Waals surface area contributed by atoms with Gasteiger partial charge in [0.1, 0.15) is 6.54 Å². The third-order valence-electron chi connectivity index (χ3n) is 3.15. The van der Waals surface area contributed by atoms with Gasteiger partial charge in [-0.25, -0.2) is 0 Å². The number of halogens is 3. The van der Waals surface area contributed by atoms with Crippen LogP contribution >= 0.6 is 0 Å². The lowest BCUT2D eigenvalue weighted by Gasteiger charge is -2.06. The maximum atomic E-state index is 12.2. The first-order chi connectivity index (χ1) is 10.2. The molecule has 1 N–H and O–H groups in total. The topological polar surface area (TPSA) is 64.7 Å². The average molecular weight is 315 g/mol. The molecule has 0 saturated carbocycles. The Labute approximate surface area is 124 Å². The summed E-state index contributed by atoms with van der Waals surface area (Å²) in [5, 5.41) is 10.6. The van der Waals surface area contributed by atoms with Crippen LogP contribution in [-0.2, 0) is 24.8 Å². The molecule has 22 heavy (non-hydrogen) atoms. The van der Waals surface area contributed by atoms with Crippen LogP contribution in [0.1, 0.15) is 17.1 Å². The molecular weight excluding hydrogens is 299 g/mol. The molecule has 0 bridgehead atoms. The van der Waals surface area contributed by atoms with Crippen molar-refractivity contribution in [1.82, 2.24) is 19.6 Å². The Morgan fingerprint density at radius 3 is 2.55 bits per heavy atom. The Bertz CT molecular complexity index is 686. The molecule has 2 aromatic heterocycles. The van der Waals surface area contributed by atoms with Crippen LogP contribution in [0.2, 0.25) is 0 Å². The van der Waals surface area contributed by atoms with Gasteiger partial charge in [0.15, 0.2) is 0 Å². The van der Waals surface area contributed by atoms with Crippen molar-refractivity contribution in [3.63, 3.8) is 0 Å². The van der Waals surface area contributed by atoms with Crippen molar-refractivity contribution in [2.24, 2.45) is 7.05 Å². The fourth-order valence-electron chi connectivity index (χ4n) is 2.07. The molecule has 9 heteroatoms. The van der Waals surface area contributed by atoms with Crippen molar-refractivity contribution in [2.45, 2.75) is 33.0 Å². The lowest BCUT2D eigenvalue weighted by molar-refractivity contribution is -0.142. The van der Waals surface area contributed by atoms with Gasteiger partial charge in [-0.3, -0.25) is 14.2 Å². The van der Waals surface area contributed by atoms with Gasteiger partial charge >= 0.3 is 6.18 Å². The summed E-state index contributed by atoms with van der Waals surface area (Å²) in [5.41, 5.74) is 2.37. The Hall–Kier alpha value is -2.32. The number of aromatic nitrogens is 4. The number of hydrogen-bond donors (Lipinski definition) is 1. The van der Waals surface area contributed by atoms with Gasteiger partial charge in [0.2, 0.25) is 5.91 Å². The lowest BCUT2D eigenvalue weighted by atomic mass is 10.2. The highest BCUT2D eigenvalue weighted by Crippen LogP contribution is 2.19. The fourth-order valence-corrected chi connectivity index (χ4v) is 2.07. The molecule has 2 rings (SSSR count). The zero-order valence-electron chi connectivity index (χ0n) is 12.4. The fraction of sp³-hybridized carbons (Fsp3) is 0.462. The van der Waals surface area contributed by atoms with Gasteiger partial charge < -0.3 is 5.32 Å². The van der Waals surface area contributed by atoms with Crippen LogP contribution in [0.3, 0.4) is 0 Å². The van der Waals surface area contributed by atoms with Crippen LogP contribution in [0.25, 0.3) is 0 Å². The second-order valence-electron chi connectivity index (χ2n) is 5.01. The van der Waals surface area contributed by atoms with Gasteiger partial charge in [-0.05, 0) is 19.9 Å². The number of nitrogens with zero attached hydrogens (tertiary/aromatic N) is 4. The average Bonchev–Trinajstić information content (AvgIpc) is 2.87. The van der Waals surface area contributed by atoms with Crippen molar-refractivity contribution >= 4 is 11.6 Å². The predicted octanol–water partition coefficient (Wildman–Crippen LogP) is 1.98. The van der Waals surface area contributed by atoms with E-state index in [1.165, 1.54) is 12.3 Å². The molecule has 0 aliphatic rings. The lowest BCUT2D eigenvalue weighted by Crippen LogP contribution is -2.19. The molecule has 0 atom stereocenters. The van der Waals surface area contributed by atoms with Gasteiger partial charge in [-0.15, -0.1) is 0 Å². The maximum absolute atomic E-state index is 12.2. The van der Waals surface area contributed by atoms with Gasteiger partial charge in [-0.2, -0.15) is 23.4 Å². The molecule has 0 aromatic carbocycles. The second kappa shape index (κ2) is 5.82. The minimum absolute atomic E-state index is 0.0986. The highest BCUT2D eigenvalue weighted by Gasteiger charge is 2.28. The van der Waals surface area contributed by atoms with Gasteiger partial charge in [0, 0.05) is 13.2 Å². The molecule has 0 aliphatic carbocycles. The molecular formula is C13H16F3N5O.